The molecule has 28 heavy (non-hydrogen) atoms. The minimum absolute atomic E-state index is 0.0236. The first-order valence-electron chi connectivity index (χ1n) is 8.88. The van der Waals surface area contributed by atoms with Gasteiger partial charge in [-0.15, -0.1) is 0 Å². The van der Waals surface area contributed by atoms with Crippen LogP contribution in [0.5, 0.6) is 5.75 Å². The molecular weight excluding hydrogens is 376 g/mol. The normalized spacial score (nSPS) is 12.6. The Balaban J connectivity index is 1.54. The SMILES string of the molecule is O=S(=O)(c1ccc(O)cc1)c1ccc(CCNC[C@H](O)c2cccnc2)cc1. The summed E-state index contributed by atoms with van der Waals surface area (Å²) in [5.41, 5.74) is 1.76. The van der Waals surface area contributed by atoms with E-state index in [0.29, 0.717) is 19.5 Å². The van der Waals surface area contributed by atoms with Gasteiger partial charge in [0.25, 0.3) is 0 Å². The molecule has 0 unspecified atom stereocenters. The topological polar surface area (TPSA) is 99.5 Å². The number of pyridine rings is 1. The Labute approximate surface area is 164 Å². The number of aliphatic hydroxyl groups excluding tert-OH is 1. The lowest BCUT2D eigenvalue weighted by atomic mass is 10.1. The molecule has 3 aromatic rings. The summed E-state index contributed by atoms with van der Waals surface area (Å²) < 4.78 is 25.2. The molecule has 0 fully saturated rings. The van der Waals surface area contributed by atoms with Crippen LogP contribution in [0.3, 0.4) is 0 Å². The molecule has 7 heteroatoms. The zero-order chi connectivity index (χ0) is 20.0. The highest BCUT2D eigenvalue weighted by Gasteiger charge is 2.17. The van der Waals surface area contributed by atoms with E-state index in [1.54, 1.807) is 42.7 Å². The Morgan fingerprint density at radius 3 is 2.21 bits per heavy atom. The first-order valence-corrected chi connectivity index (χ1v) is 10.4. The fourth-order valence-corrected chi connectivity index (χ4v) is 4.02. The van der Waals surface area contributed by atoms with Gasteiger partial charge >= 0.3 is 0 Å². The van der Waals surface area contributed by atoms with Gasteiger partial charge in [0.1, 0.15) is 5.75 Å². The average Bonchev–Trinajstić information content (AvgIpc) is 2.72. The standard InChI is InChI=1S/C21H22N2O4S/c24-18-5-9-20(10-6-18)28(26,27)19-7-3-16(4-8-19)11-13-23-15-21(25)17-2-1-12-22-14-17/h1-10,12,14,21,23-25H,11,13,15H2/t21-/m0/s1. The first-order chi connectivity index (χ1) is 13.5. The van der Waals surface area contributed by atoms with Crippen LogP contribution < -0.4 is 5.32 Å². The van der Waals surface area contributed by atoms with E-state index in [1.165, 1.54) is 24.3 Å². The van der Waals surface area contributed by atoms with E-state index >= 15 is 0 Å². The molecule has 146 valence electrons. The van der Waals surface area contributed by atoms with Crippen LogP contribution in [-0.2, 0) is 16.3 Å². The van der Waals surface area contributed by atoms with Gasteiger partial charge < -0.3 is 15.5 Å². The predicted octanol–water partition coefficient (Wildman–Crippen LogP) is 2.49. The lowest BCUT2D eigenvalue weighted by molar-refractivity contribution is 0.174. The molecule has 1 aromatic heterocycles. The van der Waals surface area contributed by atoms with Gasteiger partial charge in [0.15, 0.2) is 0 Å². The number of phenols is 1. The van der Waals surface area contributed by atoms with E-state index in [2.05, 4.69) is 10.3 Å². The molecule has 0 amide bonds. The zero-order valence-corrected chi connectivity index (χ0v) is 16.0. The van der Waals surface area contributed by atoms with Gasteiger partial charge in [0.05, 0.1) is 15.9 Å². The van der Waals surface area contributed by atoms with Crippen LogP contribution in [0.25, 0.3) is 0 Å². The van der Waals surface area contributed by atoms with Crippen LogP contribution in [-0.4, -0.2) is 36.7 Å². The number of rotatable bonds is 8. The zero-order valence-electron chi connectivity index (χ0n) is 15.2. The number of aromatic hydroxyl groups is 1. The molecule has 1 atom stereocenters. The molecule has 0 saturated carbocycles. The second-order valence-corrected chi connectivity index (χ2v) is 8.35. The van der Waals surface area contributed by atoms with E-state index in [4.69, 9.17) is 0 Å². The summed E-state index contributed by atoms with van der Waals surface area (Å²) in [5.74, 6) is 0.0236. The highest BCUT2D eigenvalue weighted by molar-refractivity contribution is 7.91. The lowest BCUT2D eigenvalue weighted by Gasteiger charge is -2.12. The summed E-state index contributed by atoms with van der Waals surface area (Å²) in [6.07, 6.45) is 3.39. The van der Waals surface area contributed by atoms with E-state index in [0.717, 1.165) is 11.1 Å². The first kappa shape index (κ1) is 20.0. The monoisotopic (exact) mass is 398 g/mol. The molecule has 0 radical (unpaired) electrons. The maximum atomic E-state index is 12.6. The Morgan fingerprint density at radius 1 is 0.964 bits per heavy atom. The van der Waals surface area contributed by atoms with Crippen molar-refractivity contribution in [2.45, 2.75) is 22.3 Å². The van der Waals surface area contributed by atoms with Crippen molar-refractivity contribution < 1.29 is 18.6 Å². The third kappa shape index (κ3) is 4.95. The maximum absolute atomic E-state index is 12.6. The van der Waals surface area contributed by atoms with Gasteiger partial charge in [0.2, 0.25) is 9.84 Å². The lowest BCUT2D eigenvalue weighted by Crippen LogP contribution is -2.23. The van der Waals surface area contributed by atoms with Crippen molar-refractivity contribution in [1.29, 1.82) is 0 Å². The summed E-state index contributed by atoms with van der Waals surface area (Å²) >= 11 is 0. The Hall–Kier alpha value is -2.74. The van der Waals surface area contributed by atoms with Gasteiger partial charge in [0, 0.05) is 24.5 Å². The molecule has 0 aliphatic carbocycles. The number of benzene rings is 2. The summed E-state index contributed by atoms with van der Waals surface area (Å²) in [4.78, 5) is 4.34. The highest BCUT2D eigenvalue weighted by Crippen LogP contribution is 2.23. The minimum Gasteiger partial charge on any atom is -0.508 e. The van der Waals surface area contributed by atoms with E-state index in [1.807, 2.05) is 6.07 Å². The van der Waals surface area contributed by atoms with Crippen LogP contribution >= 0.6 is 0 Å². The van der Waals surface area contributed by atoms with Gasteiger partial charge in [-0.3, -0.25) is 4.98 Å². The highest BCUT2D eigenvalue weighted by atomic mass is 32.2. The number of sulfone groups is 1. The smallest absolute Gasteiger partial charge is 0.206 e. The van der Waals surface area contributed by atoms with Gasteiger partial charge in [-0.05, 0) is 61.0 Å². The molecule has 0 saturated heterocycles. The molecule has 0 spiro atoms. The van der Waals surface area contributed by atoms with Gasteiger partial charge in [-0.25, -0.2) is 8.42 Å². The van der Waals surface area contributed by atoms with Crippen molar-refractivity contribution in [3.05, 3.63) is 84.2 Å². The summed E-state index contributed by atoms with van der Waals surface area (Å²) in [6, 6.07) is 15.8. The van der Waals surface area contributed by atoms with Gasteiger partial charge in [-0.1, -0.05) is 18.2 Å². The quantitative estimate of drug-likeness (QED) is 0.504. The number of nitrogens with zero attached hydrogens (tertiary/aromatic N) is 1. The summed E-state index contributed by atoms with van der Waals surface area (Å²) in [7, 11) is -3.61. The predicted molar refractivity (Wildman–Crippen MR) is 106 cm³/mol. The Morgan fingerprint density at radius 2 is 1.61 bits per heavy atom. The number of nitrogens with one attached hydrogen (secondary N) is 1. The van der Waals surface area contributed by atoms with Crippen LogP contribution in [0.4, 0.5) is 0 Å². The van der Waals surface area contributed by atoms with Crippen molar-refractivity contribution >= 4 is 9.84 Å². The van der Waals surface area contributed by atoms with Crippen molar-refractivity contribution in [1.82, 2.24) is 10.3 Å². The average molecular weight is 398 g/mol. The van der Waals surface area contributed by atoms with E-state index in [-0.39, 0.29) is 15.5 Å². The fourth-order valence-electron chi connectivity index (χ4n) is 2.76. The van der Waals surface area contributed by atoms with Crippen LogP contribution in [0.1, 0.15) is 17.2 Å². The molecule has 3 rings (SSSR count). The fraction of sp³-hybridized carbons (Fsp3) is 0.190. The van der Waals surface area contributed by atoms with Crippen molar-refractivity contribution in [2.24, 2.45) is 0 Å². The van der Waals surface area contributed by atoms with Crippen LogP contribution in [0.15, 0.2) is 82.8 Å². The summed E-state index contributed by atoms with van der Waals surface area (Å²) in [6.45, 7) is 1.07. The Kier molecular flexibility index (Phi) is 6.41. The number of hydrogen-bond donors (Lipinski definition) is 3. The molecule has 3 N–H and O–H groups in total. The van der Waals surface area contributed by atoms with Crippen LogP contribution in [0, 0.1) is 0 Å². The molecule has 0 aliphatic rings. The third-order valence-corrected chi connectivity index (χ3v) is 6.16. The third-order valence-electron chi connectivity index (χ3n) is 4.38. The molecule has 0 bridgehead atoms. The largest absolute Gasteiger partial charge is 0.508 e. The number of aromatic nitrogens is 1. The second-order valence-electron chi connectivity index (χ2n) is 6.40. The number of hydrogen-bond acceptors (Lipinski definition) is 6. The molecule has 0 aliphatic heterocycles. The summed E-state index contributed by atoms with van der Waals surface area (Å²) in [5, 5.41) is 22.6. The number of phenolic OH excluding ortho intramolecular Hbond substituents is 1. The van der Waals surface area contributed by atoms with Crippen molar-refractivity contribution in [3.8, 4) is 5.75 Å². The molecule has 2 aromatic carbocycles. The second kappa shape index (κ2) is 8.97. The van der Waals surface area contributed by atoms with Gasteiger partial charge in [-0.2, -0.15) is 0 Å². The molecular formula is C21H22N2O4S. The Bertz CT molecular complexity index is 989. The van der Waals surface area contributed by atoms with E-state index < -0.39 is 15.9 Å². The number of aliphatic hydroxyl groups is 1. The minimum atomic E-state index is -3.61. The van der Waals surface area contributed by atoms with Crippen molar-refractivity contribution in [3.63, 3.8) is 0 Å². The maximum Gasteiger partial charge on any atom is 0.206 e. The van der Waals surface area contributed by atoms with E-state index in [9.17, 15) is 18.6 Å². The molecule has 6 nitrogen and oxygen atoms in total. The molecule has 1 heterocycles. The van der Waals surface area contributed by atoms with Crippen LogP contribution in [0.2, 0.25) is 0 Å². The van der Waals surface area contributed by atoms with Crippen molar-refractivity contribution in [2.75, 3.05) is 13.1 Å².